The third-order valence-electron chi connectivity index (χ3n) is 2.48. The second-order valence-electron chi connectivity index (χ2n) is 3.51. The Balaban J connectivity index is 2.13. The first-order valence-corrected chi connectivity index (χ1v) is 5.22. The van der Waals surface area contributed by atoms with Crippen LogP contribution < -0.4 is 5.32 Å². The van der Waals surface area contributed by atoms with Crippen LogP contribution in [0.2, 0.25) is 0 Å². The largest absolute Gasteiger partial charge is 0.468 e. The number of esters is 1. The number of rotatable bonds is 6. The van der Waals surface area contributed by atoms with Gasteiger partial charge in [-0.3, -0.25) is 4.79 Å². The second kappa shape index (κ2) is 6.76. The first-order chi connectivity index (χ1) is 7.27. The van der Waals surface area contributed by atoms with Crippen LogP contribution in [0.15, 0.2) is 0 Å². The number of likely N-dealkylation sites (N-methyl/N-ethyl adjacent to an activating group) is 1. The van der Waals surface area contributed by atoms with E-state index in [4.69, 9.17) is 9.47 Å². The van der Waals surface area contributed by atoms with Gasteiger partial charge in [-0.2, -0.15) is 0 Å². The minimum atomic E-state index is -0.280. The van der Waals surface area contributed by atoms with Crippen molar-refractivity contribution < 1.29 is 19.0 Å². The van der Waals surface area contributed by atoms with Crippen molar-refractivity contribution in [2.24, 2.45) is 0 Å². The maximum absolute atomic E-state index is 11.2. The number of carbonyl (C=O) groups excluding carboxylic acids is 1. The van der Waals surface area contributed by atoms with Gasteiger partial charge in [0.1, 0.15) is 6.04 Å². The second-order valence-corrected chi connectivity index (χ2v) is 3.51. The molecule has 0 aromatic carbocycles. The molecule has 15 heavy (non-hydrogen) atoms. The Morgan fingerprint density at radius 1 is 1.67 bits per heavy atom. The fourth-order valence-electron chi connectivity index (χ4n) is 1.52. The van der Waals surface area contributed by atoms with Crippen LogP contribution in [0.4, 0.5) is 0 Å². The molecule has 0 aromatic rings. The van der Waals surface area contributed by atoms with Crippen LogP contribution in [-0.4, -0.2) is 52.1 Å². The quantitative estimate of drug-likeness (QED) is 0.632. The average Bonchev–Trinajstić information content (AvgIpc) is 2.76. The number of hydrogen-bond acceptors (Lipinski definition) is 5. The summed E-state index contributed by atoms with van der Waals surface area (Å²) in [6.07, 6.45) is 1.77. The van der Waals surface area contributed by atoms with E-state index in [1.54, 1.807) is 7.05 Å². The summed E-state index contributed by atoms with van der Waals surface area (Å²) in [5.74, 6) is -0.247. The summed E-state index contributed by atoms with van der Waals surface area (Å²) in [5.41, 5.74) is 0. The normalized spacial score (nSPS) is 22.7. The van der Waals surface area contributed by atoms with Gasteiger partial charge in [0.2, 0.25) is 0 Å². The van der Waals surface area contributed by atoms with E-state index >= 15 is 0 Å². The van der Waals surface area contributed by atoms with Crippen LogP contribution >= 0.6 is 0 Å². The van der Waals surface area contributed by atoms with Crippen LogP contribution in [0.25, 0.3) is 0 Å². The van der Waals surface area contributed by atoms with Gasteiger partial charge in [-0.1, -0.05) is 0 Å². The van der Waals surface area contributed by atoms with Crippen molar-refractivity contribution >= 4 is 5.97 Å². The molecule has 0 amide bonds. The summed E-state index contributed by atoms with van der Waals surface area (Å²) in [7, 11) is 3.12. The van der Waals surface area contributed by atoms with E-state index in [1.165, 1.54) is 7.11 Å². The maximum Gasteiger partial charge on any atom is 0.322 e. The van der Waals surface area contributed by atoms with Crippen LogP contribution in [0.1, 0.15) is 12.8 Å². The van der Waals surface area contributed by atoms with Gasteiger partial charge in [-0.15, -0.1) is 0 Å². The lowest BCUT2D eigenvalue weighted by molar-refractivity contribution is -0.143. The molecule has 5 nitrogen and oxygen atoms in total. The summed E-state index contributed by atoms with van der Waals surface area (Å²) in [6, 6.07) is -0.280. The molecule has 0 radical (unpaired) electrons. The first kappa shape index (κ1) is 12.4. The molecule has 0 bridgehead atoms. The zero-order chi connectivity index (χ0) is 11.1. The molecule has 0 spiro atoms. The van der Waals surface area contributed by atoms with Gasteiger partial charge in [0, 0.05) is 13.2 Å². The molecule has 1 fully saturated rings. The molecule has 88 valence electrons. The topological polar surface area (TPSA) is 56.8 Å². The fourth-order valence-corrected chi connectivity index (χ4v) is 1.52. The van der Waals surface area contributed by atoms with E-state index in [-0.39, 0.29) is 18.1 Å². The molecule has 0 aromatic heterocycles. The maximum atomic E-state index is 11.2. The van der Waals surface area contributed by atoms with E-state index in [0.717, 1.165) is 13.0 Å². The third-order valence-corrected chi connectivity index (χ3v) is 2.48. The van der Waals surface area contributed by atoms with Gasteiger partial charge in [-0.05, 0) is 19.9 Å². The zero-order valence-electron chi connectivity index (χ0n) is 9.32. The highest BCUT2D eigenvalue weighted by Crippen LogP contribution is 2.08. The van der Waals surface area contributed by atoms with Gasteiger partial charge >= 0.3 is 5.97 Å². The lowest BCUT2D eigenvalue weighted by Gasteiger charge is -2.15. The molecule has 1 saturated heterocycles. The van der Waals surface area contributed by atoms with Gasteiger partial charge < -0.3 is 19.5 Å². The van der Waals surface area contributed by atoms with Gasteiger partial charge in [0.15, 0.2) is 0 Å². The van der Waals surface area contributed by atoms with E-state index in [9.17, 15) is 4.79 Å². The molecule has 1 N–H and O–H groups in total. The van der Waals surface area contributed by atoms with E-state index in [0.29, 0.717) is 19.6 Å². The highest BCUT2D eigenvalue weighted by Gasteiger charge is 2.19. The molecule has 1 heterocycles. The molecule has 1 aliphatic heterocycles. The van der Waals surface area contributed by atoms with Crippen molar-refractivity contribution in [2.45, 2.75) is 25.0 Å². The average molecular weight is 217 g/mol. The summed E-state index contributed by atoms with van der Waals surface area (Å²) in [6.45, 7) is 1.99. The monoisotopic (exact) mass is 217 g/mol. The summed E-state index contributed by atoms with van der Waals surface area (Å²) in [5, 5.41) is 2.89. The van der Waals surface area contributed by atoms with Crippen molar-refractivity contribution in [3.05, 3.63) is 0 Å². The Hall–Kier alpha value is -0.650. The molecular formula is C10H19NO4. The highest BCUT2D eigenvalue weighted by atomic mass is 16.5. The van der Waals surface area contributed by atoms with Crippen molar-refractivity contribution in [2.75, 3.05) is 34.0 Å². The van der Waals surface area contributed by atoms with Crippen LogP contribution in [0.3, 0.4) is 0 Å². The highest BCUT2D eigenvalue weighted by molar-refractivity contribution is 5.75. The van der Waals surface area contributed by atoms with E-state index < -0.39 is 0 Å². The Morgan fingerprint density at radius 2 is 2.47 bits per heavy atom. The SMILES string of the molecule is CNC(CCOC1CCOC1)C(=O)OC. The third kappa shape index (κ3) is 4.15. The number of methoxy groups -OCH3 is 1. The number of carbonyl (C=O) groups is 1. The molecule has 1 aliphatic rings. The van der Waals surface area contributed by atoms with Gasteiger partial charge in [0.25, 0.3) is 0 Å². The molecule has 2 atom stereocenters. The smallest absolute Gasteiger partial charge is 0.322 e. The summed E-state index contributed by atoms with van der Waals surface area (Å²) in [4.78, 5) is 11.2. The predicted octanol–water partition coefficient (Wildman–Crippen LogP) is -0.0570. The Labute approximate surface area is 90.1 Å². The Bertz CT molecular complexity index is 192. The lowest BCUT2D eigenvalue weighted by atomic mass is 10.2. The minimum absolute atomic E-state index is 0.195. The molecule has 2 unspecified atom stereocenters. The summed E-state index contributed by atoms with van der Waals surface area (Å²) < 4.78 is 15.4. The van der Waals surface area contributed by atoms with Crippen LogP contribution in [0, 0.1) is 0 Å². The van der Waals surface area contributed by atoms with E-state index in [2.05, 4.69) is 10.1 Å². The summed E-state index contributed by atoms with van der Waals surface area (Å²) >= 11 is 0. The molecular weight excluding hydrogens is 198 g/mol. The molecule has 0 aliphatic carbocycles. The van der Waals surface area contributed by atoms with Crippen LogP contribution in [0.5, 0.6) is 0 Å². The molecule has 5 heteroatoms. The lowest BCUT2D eigenvalue weighted by Crippen LogP contribution is -2.36. The predicted molar refractivity (Wildman–Crippen MR) is 54.7 cm³/mol. The first-order valence-electron chi connectivity index (χ1n) is 5.22. The van der Waals surface area contributed by atoms with Crippen LogP contribution in [-0.2, 0) is 19.0 Å². The van der Waals surface area contributed by atoms with Gasteiger partial charge in [-0.25, -0.2) is 0 Å². The molecule has 1 rings (SSSR count). The number of nitrogens with one attached hydrogen (secondary N) is 1. The number of hydrogen-bond donors (Lipinski definition) is 1. The fraction of sp³-hybridized carbons (Fsp3) is 0.900. The zero-order valence-corrected chi connectivity index (χ0v) is 9.32. The number of ether oxygens (including phenoxy) is 3. The Kier molecular flexibility index (Phi) is 5.60. The van der Waals surface area contributed by atoms with Crippen molar-refractivity contribution in [1.29, 1.82) is 0 Å². The molecule has 0 saturated carbocycles. The van der Waals surface area contributed by atoms with Crippen molar-refractivity contribution in [3.8, 4) is 0 Å². The minimum Gasteiger partial charge on any atom is -0.468 e. The Morgan fingerprint density at radius 3 is 3.00 bits per heavy atom. The van der Waals surface area contributed by atoms with E-state index in [1.807, 2.05) is 0 Å². The van der Waals surface area contributed by atoms with Crippen molar-refractivity contribution in [1.82, 2.24) is 5.32 Å². The van der Waals surface area contributed by atoms with Crippen molar-refractivity contribution in [3.63, 3.8) is 0 Å². The van der Waals surface area contributed by atoms with Gasteiger partial charge in [0.05, 0.1) is 19.8 Å². The standard InChI is InChI=1S/C10H19NO4/c1-11-9(10(12)13-2)4-6-15-8-3-5-14-7-8/h8-9,11H,3-7H2,1-2H3.